The Labute approximate surface area is 276 Å². The molecule has 0 fully saturated rings. The van der Waals surface area contributed by atoms with E-state index in [1.54, 1.807) is 18.6 Å². The fraction of sp³-hybridized carbons (Fsp3) is 0.114. The van der Waals surface area contributed by atoms with Crippen LogP contribution in [-0.2, 0) is 11.4 Å². The van der Waals surface area contributed by atoms with Gasteiger partial charge in [-0.25, -0.2) is 4.99 Å². The zero-order chi connectivity index (χ0) is 31.5. The van der Waals surface area contributed by atoms with Gasteiger partial charge in [-0.1, -0.05) is 71.5 Å². The molecule has 0 saturated carbocycles. The highest BCUT2D eigenvalue weighted by Crippen LogP contribution is 2.32. The molecule has 0 unspecified atom stereocenters. The summed E-state index contributed by atoms with van der Waals surface area (Å²) in [5, 5.41) is 3.64. The monoisotopic (exact) mass is 699 g/mol. The van der Waals surface area contributed by atoms with Crippen LogP contribution in [0.3, 0.4) is 0 Å². The van der Waals surface area contributed by atoms with E-state index >= 15 is 0 Å². The van der Waals surface area contributed by atoms with Gasteiger partial charge in [-0.3, -0.25) is 14.2 Å². The average Bonchev–Trinajstić information content (AvgIpc) is 3.34. The van der Waals surface area contributed by atoms with Gasteiger partial charge >= 0.3 is 0 Å². The van der Waals surface area contributed by atoms with Crippen molar-refractivity contribution in [2.75, 3.05) is 12.4 Å². The highest BCUT2D eigenvalue weighted by Gasteiger charge is 2.32. The van der Waals surface area contributed by atoms with Crippen molar-refractivity contribution in [2.24, 2.45) is 4.99 Å². The van der Waals surface area contributed by atoms with E-state index in [0.29, 0.717) is 49.4 Å². The number of ether oxygens (including phenoxy) is 2. The average molecular weight is 701 g/mol. The minimum absolute atomic E-state index is 0.247. The Hall–Kier alpha value is -4.44. The van der Waals surface area contributed by atoms with Gasteiger partial charge < -0.3 is 14.8 Å². The molecule has 1 amide bonds. The Kier molecular flexibility index (Phi) is 9.02. The van der Waals surface area contributed by atoms with E-state index in [1.807, 2.05) is 103 Å². The van der Waals surface area contributed by atoms with Crippen LogP contribution in [0.4, 0.5) is 5.69 Å². The lowest BCUT2D eigenvalue weighted by Gasteiger charge is -2.25. The zero-order valence-corrected chi connectivity index (χ0v) is 27.4. The maximum atomic E-state index is 14.1. The standard InChI is InChI=1S/C35H27BrClN3O4S/c1-21-31(33(41)39-26-8-4-3-5-9-26)32(24-7-6-10-27(19-24)43-2)40-34(42)30(45-35(40)38-21)18-23-13-16-29(28(36)17-23)44-20-22-11-14-25(37)15-12-22/h3-19,32H,20H2,1-2H3,(H,39,41)/b30-18-/t32-/m1/s1. The molecule has 0 spiro atoms. The van der Waals surface area contributed by atoms with E-state index < -0.39 is 6.04 Å². The topological polar surface area (TPSA) is 81.9 Å². The highest BCUT2D eigenvalue weighted by molar-refractivity contribution is 9.10. The van der Waals surface area contributed by atoms with Crippen LogP contribution in [0.1, 0.15) is 29.7 Å². The molecule has 6 rings (SSSR count). The molecule has 45 heavy (non-hydrogen) atoms. The summed E-state index contributed by atoms with van der Waals surface area (Å²) in [6.07, 6.45) is 1.82. The number of allylic oxidation sites excluding steroid dienone is 1. The summed E-state index contributed by atoms with van der Waals surface area (Å²) in [5.74, 6) is 0.962. The number of rotatable bonds is 8. The van der Waals surface area contributed by atoms with Crippen LogP contribution in [0.25, 0.3) is 6.08 Å². The number of aromatic nitrogens is 1. The molecule has 7 nitrogen and oxygen atoms in total. The van der Waals surface area contributed by atoms with Gasteiger partial charge in [0, 0.05) is 10.7 Å². The van der Waals surface area contributed by atoms with Crippen LogP contribution in [0.2, 0.25) is 5.02 Å². The van der Waals surface area contributed by atoms with E-state index in [2.05, 4.69) is 21.2 Å². The first kappa shape index (κ1) is 30.6. The van der Waals surface area contributed by atoms with E-state index in [9.17, 15) is 9.59 Å². The van der Waals surface area contributed by atoms with Crippen LogP contribution in [-0.4, -0.2) is 17.6 Å². The third kappa shape index (κ3) is 6.66. The summed E-state index contributed by atoms with van der Waals surface area (Å²) in [7, 11) is 1.58. The molecule has 5 aromatic rings. The zero-order valence-electron chi connectivity index (χ0n) is 24.3. The van der Waals surface area contributed by atoms with Crippen LogP contribution < -0.4 is 29.7 Å². The van der Waals surface area contributed by atoms with Gasteiger partial charge in [0.05, 0.1) is 33.4 Å². The summed E-state index contributed by atoms with van der Waals surface area (Å²) in [6, 6.07) is 29.0. The van der Waals surface area contributed by atoms with Gasteiger partial charge in [0.1, 0.15) is 18.1 Å². The molecule has 1 aromatic heterocycles. The maximum absolute atomic E-state index is 14.1. The van der Waals surface area contributed by atoms with Crippen molar-refractivity contribution in [1.82, 2.24) is 4.57 Å². The number of benzene rings is 4. The molecule has 1 N–H and O–H groups in total. The summed E-state index contributed by atoms with van der Waals surface area (Å²) in [4.78, 5) is 33.1. The molecule has 1 atom stereocenters. The van der Waals surface area contributed by atoms with E-state index in [4.69, 9.17) is 26.1 Å². The van der Waals surface area contributed by atoms with Crippen molar-refractivity contribution in [3.8, 4) is 11.5 Å². The fourth-order valence-corrected chi connectivity index (χ4v) is 6.76. The van der Waals surface area contributed by atoms with Crippen LogP contribution in [0.15, 0.2) is 123 Å². The third-order valence-corrected chi connectivity index (χ3v) is 9.12. The number of anilines is 1. The van der Waals surface area contributed by atoms with Gasteiger partial charge in [-0.05, 0) is 94.2 Å². The quantitative estimate of drug-likeness (QED) is 0.192. The third-order valence-electron chi connectivity index (χ3n) is 7.27. The molecule has 0 radical (unpaired) electrons. The molecule has 4 aromatic carbocycles. The SMILES string of the molecule is COc1cccc([C@@H]2C(C(=O)Nc3ccccc3)=C(C)N=c3s/c(=C\c4ccc(OCc5ccc(Cl)cc5)c(Br)c4)c(=O)n32)c1. The van der Waals surface area contributed by atoms with Crippen molar-refractivity contribution < 1.29 is 14.3 Å². The first-order chi connectivity index (χ1) is 21.8. The first-order valence-corrected chi connectivity index (χ1v) is 16.0. The van der Waals surface area contributed by atoms with Crippen LogP contribution in [0, 0.1) is 0 Å². The molecule has 2 heterocycles. The van der Waals surface area contributed by atoms with Gasteiger partial charge in [0.15, 0.2) is 4.80 Å². The van der Waals surface area contributed by atoms with Crippen LogP contribution in [0.5, 0.6) is 11.5 Å². The lowest BCUT2D eigenvalue weighted by atomic mass is 9.95. The Morgan fingerprint density at radius 3 is 2.56 bits per heavy atom. The maximum Gasteiger partial charge on any atom is 0.271 e. The number of carbonyl (C=O) groups is 1. The smallest absolute Gasteiger partial charge is 0.271 e. The first-order valence-electron chi connectivity index (χ1n) is 14.0. The van der Waals surface area contributed by atoms with Crippen molar-refractivity contribution >= 4 is 56.5 Å². The summed E-state index contributed by atoms with van der Waals surface area (Å²) >= 11 is 10.9. The largest absolute Gasteiger partial charge is 0.497 e. The Bertz CT molecular complexity index is 2110. The molecule has 0 bridgehead atoms. The minimum atomic E-state index is -0.711. The predicted octanol–water partition coefficient (Wildman–Crippen LogP) is 6.88. The molecular formula is C35H27BrClN3O4S. The van der Waals surface area contributed by atoms with E-state index in [-0.39, 0.29) is 11.5 Å². The van der Waals surface area contributed by atoms with Gasteiger partial charge in [0.2, 0.25) is 0 Å². The Morgan fingerprint density at radius 2 is 1.82 bits per heavy atom. The lowest BCUT2D eigenvalue weighted by Crippen LogP contribution is -2.40. The number of amides is 1. The number of thiazole rings is 1. The molecule has 1 aliphatic heterocycles. The Morgan fingerprint density at radius 1 is 1.04 bits per heavy atom. The van der Waals surface area contributed by atoms with Crippen molar-refractivity contribution in [3.63, 3.8) is 0 Å². The van der Waals surface area contributed by atoms with Crippen molar-refractivity contribution in [1.29, 1.82) is 0 Å². The fourth-order valence-electron chi connectivity index (χ4n) is 5.08. The van der Waals surface area contributed by atoms with E-state index in [0.717, 1.165) is 21.2 Å². The number of nitrogens with one attached hydrogen (secondary N) is 1. The molecule has 0 saturated heterocycles. The molecule has 226 valence electrons. The second-order valence-electron chi connectivity index (χ2n) is 10.3. The molecule has 10 heteroatoms. The van der Waals surface area contributed by atoms with Gasteiger partial charge in [0.25, 0.3) is 11.5 Å². The van der Waals surface area contributed by atoms with Gasteiger partial charge in [-0.15, -0.1) is 0 Å². The predicted molar refractivity (Wildman–Crippen MR) is 182 cm³/mol. The summed E-state index contributed by atoms with van der Waals surface area (Å²) < 4.78 is 14.3. The second kappa shape index (κ2) is 13.3. The Balaban J connectivity index is 1.37. The number of carbonyl (C=O) groups excluding carboxylic acids is 1. The number of fused-ring (bicyclic) bond motifs is 1. The molecule has 0 aliphatic carbocycles. The summed E-state index contributed by atoms with van der Waals surface area (Å²) in [5.41, 5.74) is 3.86. The normalized spacial score (nSPS) is 14.5. The van der Waals surface area contributed by atoms with Gasteiger partial charge in [-0.2, -0.15) is 0 Å². The van der Waals surface area contributed by atoms with Crippen LogP contribution >= 0.6 is 38.9 Å². The number of hydrogen-bond acceptors (Lipinski definition) is 6. The number of hydrogen-bond donors (Lipinski definition) is 1. The van der Waals surface area contributed by atoms with E-state index in [1.165, 1.54) is 11.3 Å². The second-order valence-corrected chi connectivity index (χ2v) is 12.6. The number of halogens is 2. The minimum Gasteiger partial charge on any atom is -0.497 e. The summed E-state index contributed by atoms with van der Waals surface area (Å²) in [6.45, 7) is 2.18. The number of nitrogens with zero attached hydrogens (tertiary/aromatic N) is 2. The van der Waals surface area contributed by atoms with Crippen molar-refractivity contribution in [2.45, 2.75) is 19.6 Å². The molecule has 1 aliphatic rings. The number of methoxy groups -OCH3 is 1. The highest BCUT2D eigenvalue weighted by atomic mass is 79.9. The number of para-hydroxylation sites is 1. The van der Waals surface area contributed by atoms with Crippen molar-refractivity contribution in [3.05, 3.63) is 154 Å². The molecular weight excluding hydrogens is 674 g/mol. The lowest BCUT2D eigenvalue weighted by molar-refractivity contribution is -0.113.